The van der Waals surface area contributed by atoms with E-state index in [0.717, 1.165) is 43.2 Å². The molecule has 1 heterocycles. The normalized spacial score (nSPS) is 28.3. The Bertz CT molecular complexity index is 1420. The Morgan fingerprint density at radius 1 is 0.978 bits per heavy atom. The Labute approximate surface area is 258 Å². The number of hydrogen-bond donors (Lipinski definition) is 1. The highest BCUT2D eigenvalue weighted by molar-refractivity contribution is 5.87. The fraction of sp³-hybridized carbons (Fsp3) is 0.588. The fourth-order valence-electron chi connectivity index (χ4n) is 8.66. The summed E-state index contributed by atoms with van der Waals surface area (Å²) < 4.78 is 85.6. The first-order valence-corrected chi connectivity index (χ1v) is 15.8. The Hall–Kier alpha value is -3.08. The van der Waals surface area contributed by atoms with Gasteiger partial charge in [0.15, 0.2) is 0 Å². The van der Waals surface area contributed by atoms with Crippen LogP contribution in [0.1, 0.15) is 80.0 Å². The lowest BCUT2D eigenvalue weighted by Crippen LogP contribution is -2.44. The molecule has 2 aromatic rings. The SMILES string of the molecule is C[C@]12CC[C@@H]3c4ccc(Nc5cc(C(F)(F)F)cc(C(F)(F)F)c5)cc4CC[C@H]3[C@@H]1[C@@H](CCCC(=O)N1CCOCC1)CC2=O. The lowest BCUT2D eigenvalue weighted by molar-refractivity contribution is -0.143. The van der Waals surface area contributed by atoms with Crippen LogP contribution in [0.2, 0.25) is 0 Å². The van der Waals surface area contributed by atoms with Gasteiger partial charge in [0.2, 0.25) is 5.91 Å². The van der Waals surface area contributed by atoms with Gasteiger partial charge in [0.05, 0.1) is 24.3 Å². The Kier molecular flexibility index (Phi) is 8.46. The first-order chi connectivity index (χ1) is 21.2. The standard InChI is InChI=1S/C34H38F6N2O3/c1-32-10-9-27-26-8-6-24(41-25-18-22(33(35,36)37)17-23(19-25)34(38,39)40)15-20(26)5-7-28(27)31(32)21(16-29(32)43)3-2-4-30(44)42-11-13-45-14-12-42/h6,8,15,17-19,21,27-28,31,41H,2-5,7,9-14,16H2,1H3/t21-,27+,28+,31-,32+/m0/s1. The molecule has 4 aliphatic rings. The van der Waals surface area contributed by atoms with E-state index in [9.17, 15) is 35.9 Å². The number of carbonyl (C=O) groups excluding carboxylic acids is 2. The van der Waals surface area contributed by atoms with Crippen LogP contribution in [0.25, 0.3) is 0 Å². The number of rotatable bonds is 6. The molecule has 6 rings (SSSR count). The number of aryl methyl sites for hydroxylation is 1. The highest BCUT2D eigenvalue weighted by Gasteiger charge is 2.58. The maximum atomic E-state index is 13.4. The number of anilines is 2. The summed E-state index contributed by atoms with van der Waals surface area (Å²) >= 11 is 0. The van der Waals surface area contributed by atoms with Crippen LogP contribution in [0.5, 0.6) is 0 Å². The van der Waals surface area contributed by atoms with E-state index in [0.29, 0.717) is 75.1 Å². The van der Waals surface area contributed by atoms with Gasteiger partial charge in [-0.1, -0.05) is 13.0 Å². The Morgan fingerprint density at radius 2 is 1.67 bits per heavy atom. The van der Waals surface area contributed by atoms with Crippen molar-refractivity contribution in [1.82, 2.24) is 4.90 Å². The van der Waals surface area contributed by atoms with Crippen molar-refractivity contribution in [2.24, 2.45) is 23.2 Å². The largest absolute Gasteiger partial charge is 0.416 e. The summed E-state index contributed by atoms with van der Waals surface area (Å²) in [6.07, 6.45) is -4.04. The summed E-state index contributed by atoms with van der Waals surface area (Å²) in [7, 11) is 0. The number of fused-ring (bicyclic) bond motifs is 5. The topological polar surface area (TPSA) is 58.6 Å². The molecule has 1 amide bonds. The zero-order chi connectivity index (χ0) is 32.1. The number of nitrogens with one attached hydrogen (secondary N) is 1. The van der Waals surface area contributed by atoms with Crippen molar-refractivity contribution in [3.8, 4) is 0 Å². The van der Waals surface area contributed by atoms with E-state index in [1.807, 2.05) is 17.0 Å². The molecule has 1 saturated heterocycles. The van der Waals surface area contributed by atoms with Gasteiger partial charge in [0, 0.05) is 42.7 Å². The Balaban J connectivity index is 1.18. The van der Waals surface area contributed by atoms with E-state index >= 15 is 0 Å². The maximum absolute atomic E-state index is 13.4. The quantitative estimate of drug-likeness (QED) is 0.325. The molecular formula is C34H38F6N2O3. The molecule has 45 heavy (non-hydrogen) atoms. The summed E-state index contributed by atoms with van der Waals surface area (Å²) in [5.41, 5.74) is -0.769. The zero-order valence-electron chi connectivity index (χ0n) is 25.2. The molecule has 2 saturated carbocycles. The number of benzene rings is 2. The number of carbonyl (C=O) groups is 2. The molecule has 0 spiro atoms. The van der Waals surface area contributed by atoms with E-state index in [1.54, 1.807) is 6.07 Å². The van der Waals surface area contributed by atoms with E-state index in [1.165, 1.54) is 0 Å². The second-order valence-corrected chi connectivity index (χ2v) is 13.4. The minimum atomic E-state index is -4.92. The molecule has 5 nitrogen and oxygen atoms in total. The van der Waals surface area contributed by atoms with E-state index in [2.05, 4.69) is 12.2 Å². The lowest BCUT2D eigenvalue weighted by Gasteiger charge is -2.50. The molecule has 244 valence electrons. The summed E-state index contributed by atoms with van der Waals surface area (Å²) in [6, 6.07) is 7.01. The molecule has 0 radical (unpaired) electrons. The van der Waals surface area contributed by atoms with Crippen LogP contribution in [0.3, 0.4) is 0 Å². The average Bonchev–Trinajstić information content (AvgIpc) is 3.25. The molecule has 5 atom stereocenters. The van der Waals surface area contributed by atoms with Gasteiger partial charge in [-0.05, 0) is 104 Å². The molecule has 2 aromatic carbocycles. The van der Waals surface area contributed by atoms with Crippen molar-refractivity contribution in [1.29, 1.82) is 0 Å². The number of nitrogens with zero attached hydrogens (tertiary/aromatic N) is 1. The second kappa shape index (κ2) is 11.9. The summed E-state index contributed by atoms with van der Waals surface area (Å²) in [5.74, 6) is 1.44. The van der Waals surface area contributed by atoms with Gasteiger partial charge in [0.1, 0.15) is 5.78 Å². The summed E-state index contributed by atoms with van der Waals surface area (Å²) in [5, 5.41) is 2.78. The predicted molar refractivity (Wildman–Crippen MR) is 156 cm³/mol. The zero-order valence-corrected chi connectivity index (χ0v) is 25.2. The van der Waals surface area contributed by atoms with Crippen molar-refractivity contribution < 1.29 is 40.7 Å². The van der Waals surface area contributed by atoms with E-state index in [4.69, 9.17) is 4.74 Å². The van der Waals surface area contributed by atoms with E-state index in [-0.39, 0.29) is 40.8 Å². The van der Waals surface area contributed by atoms with Gasteiger partial charge in [0.25, 0.3) is 0 Å². The van der Waals surface area contributed by atoms with Gasteiger partial charge in [-0.3, -0.25) is 9.59 Å². The number of amides is 1. The first kappa shape index (κ1) is 31.9. The smallest absolute Gasteiger partial charge is 0.378 e. The molecule has 0 unspecified atom stereocenters. The van der Waals surface area contributed by atoms with Crippen molar-refractivity contribution >= 4 is 23.1 Å². The maximum Gasteiger partial charge on any atom is 0.416 e. The molecule has 1 N–H and O–H groups in total. The van der Waals surface area contributed by atoms with Gasteiger partial charge in [-0.15, -0.1) is 0 Å². The summed E-state index contributed by atoms with van der Waals surface area (Å²) in [4.78, 5) is 27.9. The minimum absolute atomic E-state index is 0.123. The fourth-order valence-corrected chi connectivity index (χ4v) is 8.66. The predicted octanol–water partition coefficient (Wildman–Crippen LogP) is 8.15. The van der Waals surface area contributed by atoms with Crippen LogP contribution in [-0.2, 0) is 33.1 Å². The molecule has 11 heteroatoms. The van der Waals surface area contributed by atoms with Gasteiger partial charge >= 0.3 is 12.4 Å². The van der Waals surface area contributed by atoms with Crippen LogP contribution in [0.4, 0.5) is 37.7 Å². The molecule has 0 aromatic heterocycles. The average molecular weight is 637 g/mol. The number of morpholine rings is 1. The highest BCUT2D eigenvalue weighted by atomic mass is 19.4. The number of Topliss-reactive ketones (excluding diaryl/α,β-unsaturated/α-hetero) is 1. The highest BCUT2D eigenvalue weighted by Crippen LogP contribution is 2.62. The summed E-state index contributed by atoms with van der Waals surface area (Å²) in [6.45, 7) is 4.49. The van der Waals surface area contributed by atoms with Crippen molar-refractivity contribution in [2.45, 2.75) is 76.6 Å². The molecule has 0 bridgehead atoms. The van der Waals surface area contributed by atoms with Crippen LogP contribution >= 0.6 is 0 Å². The minimum Gasteiger partial charge on any atom is -0.378 e. The molecular weight excluding hydrogens is 598 g/mol. The Morgan fingerprint density at radius 3 is 2.33 bits per heavy atom. The number of ether oxygens (including phenoxy) is 1. The van der Waals surface area contributed by atoms with Crippen LogP contribution in [-0.4, -0.2) is 42.9 Å². The third-order valence-corrected chi connectivity index (χ3v) is 10.8. The van der Waals surface area contributed by atoms with Crippen molar-refractivity contribution in [2.75, 3.05) is 31.6 Å². The third-order valence-electron chi connectivity index (χ3n) is 10.8. The first-order valence-electron chi connectivity index (χ1n) is 15.8. The molecule has 3 fully saturated rings. The van der Waals surface area contributed by atoms with E-state index < -0.39 is 23.5 Å². The second-order valence-electron chi connectivity index (χ2n) is 13.4. The monoisotopic (exact) mass is 636 g/mol. The number of hydrogen-bond acceptors (Lipinski definition) is 4. The van der Waals surface area contributed by atoms with Gasteiger partial charge in [-0.25, -0.2) is 0 Å². The van der Waals surface area contributed by atoms with Crippen LogP contribution < -0.4 is 5.32 Å². The van der Waals surface area contributed by atoms with Gasteiger partial charge < -0.3 is 15.0 Å². The lowest BCUT2D eigenvalue weighted by atomic mass is 9.54. The van der Waals surface area contributed by atoms with Crippen LogP contribution in [0.15, 0.2) is 36.4 Å². The van der Waals surface area contributed by atoms with Crippen LogP contribution in [0, 0.1) is 23.2 Å². The third kappa shape index (κ3) is 6.33. The van der Waals surface area contributed by atoms with Gasteiger partial charge in [-0.2, -0.15) is 26.3 Å². The molecule has 3 aliphatic carbocycles. The number of ketones is 1. The molecule has 1 aliphatic heterocycles. The van der Waals surface area contributed by atoms with Crippen molar-refractivity contribution in [3.05, 3.63) is 58.7 Å². The number of halogens is 6. The number of alkyl halides is 6. The van der Waals surface area contributed by atoms with Crippen molar-refractivity contribution in [3.63, 3.8) is 0 Å².